The van der Waals surface area contributed by atoms with Gasteiger partial charge in [0.15, 0.2) is 0 Å². The molecule has 2 atom stereocenters. The second-order valence-corrected chi connectivity index (χ2v) is 2.69. The Bertz CT molecular complexity index is 142. The van der Waals surface area contributed by atoms with Crippen molar-refractivity contribution in [2.24, 2.45) is 5.92 Å². The molecule has 0 aromatic heterocycles. The van der Waals surface area contributed by atoms with Gasteiger partial charge in [-0.2, -0.15) is 0 Å². The van der Waals surface area contributed by atoms with Crippen molar-refractivity contribution >= 4 is 12.3 Å². The van der Waals surface area contributed by atoms with Crippen LogP contribution in [0.5, 0.6) is 0 Å². The van der Waals surface area contributed by atoms with Crippen LogP contribution in [0.3, 0.4) is 0 Å². The summed E-state index contributed by atoms with van der Waals surface area (Å²) in [6, 6.07) is 0. The molecule has 0 bridgehead atoms. The summed E-state index contributed by atoms with van der Waals surface area (Å²) in [6.07, 6.45) is 1.11. The number of esters is 1. The Morgan fingerprint density at radius 3 is 2.45 bits per heavy atom. The lowest BCUT2D eigenvalue weighted by Crippen LogP contribution is -2.20. The fourth-order valence-corrected chi connectivity index (χ4v) is 0.721. The summed E-state index contributed by atoms with van der Waals surface area (Å²) in [5, 5.41) is 0. The average Bonchev–Trinajstić information content (AvgIpc) is 1.86. The van der Waals surface area contributed by atoms with Gasteiger partial charge in [0, 0.05) is 13.3 Å². The molecule has 11 heavy (non-hydrogen) atoms. The van der Waals surface area contributed by atoms with E-state index in [-0.39, 0.29) is 18.0 Å². The summed E-state index contributed by atoms with van der Waals surface area (Å²) >= 11 is 0. The van der Waals surface area contributed by atoms with Crippen molar-refractivity contribution in [2.45, 2.75) is 33.3 Å². The number of carbonyl (C=O) groups is 2. The number of rotatable bonds is 4. The number of aldehydes is 1. The quantitative estimate of drug-likeness (QED) is 0.455. The molecule has 0 aromatic carbocycles. The molecule has 64 valence electrons. The Morgan fingerprint density at radius 2 is 2.09 bits per heavy atom. The van der Waals surface area contributed by atoms with Crippen LogP contribution in [0.4, 0.5) is 0 Å². The first-order valence-electron chi connectivity index (χ1n) is 3.68. The highest BCUT2D eigenvalue weighted by molar-refractivity contribution is 5.66. The van der Waals surface area contributed by atoms with Crippen molar-refractivity contribution in [3.05, 3.63) is 0 Å². The zero-order chi connectivity index (χ0) is 8.85. The van der Waals surface area contributed by atoms with Crippen LogP contribution in [-0.2, 0) is 14.3 Å². The van der Waals surface area contributed by atoms with Gasteiger partial charge >= 0.3 is 5.97 Å². The zero-order valence-corrected chi connectivity index (χ0v) is 7.16. The molecule has 3 nitrogen and oxygen atoms in total. The molecule has 0 amide bonds. The molecule has 0 spiro atoms. The molecule has 0 fully saturated rings. The molecule has 0 aromatic rings. The van der Waals surface area contributed by atoms with Crippen LogP contribution in [0, 0.1) is 5.92 Å². The Labute approximate surface area is 66.7 Å². The van der Waals surface area contributed by atoms with Gasteiger partial charge in [-0.3, -0.25) is 4.79 Å². The number of ether oxygens (including phenoxy) is 1. The van der Waals surface area contributed by atoms with Crippen LogP contribution in [0.1, 0.15) is 27.2 Å². The number of hydrogen-bond donors (Lipinski definition) is 0. The minimum Gasteiger partial charge on any atom is -0.463 e. The first-order valence-corrected chi connectivity index (χ1v) is 3.68. The number of carbonyl (C=O) groups excluding carboxylic acids is 2. The van der Waals surface area contributed by atoms with Gasteiger partial charge in [0.2, 0.25) is 0 Å². The van der Waals surface area contributed by atoms with Gasteiger partial charge in [-0.25, -0.2) is 0 Å². The molecule has 2 unspecified atom stereocenters. The maximum absolute atomic E-state index is 10.5. The summed E-state index contributed by atoms with van der Waals surface area (Å²) in [7, 11) is 0. The van der Waals surface area contributed by atoms with E-state index in [0.717, 1.165) is 6.29 Å². The minimum absolute atomic E-state index is 0.108. The topological polar surface area (TPSA) is 43.4 Å². The van der Waals surface area contributed by atoms with E-state index in [2.05, 4.69) is 0 Å². The van der Waals surface area contributed by atoms with Crippen LogP contribution in [0.15, 0.2) is 0 Å². The standard InChI is InChI=1S/C8H14O3/c1-6(4-5-9)7(2)11-8(3)10/h5-7H,4H2,1-3H3. The molecule has 0 aliphatic carbocycles. The SMILES string of the molecule is CC(=O)OC(C)C(C)CC=O. The van der Waals surface area contributed by atoms with Gasteiger partial charge in [0.25, 0.3) is 0 Å². The smallest absolute Gasteiger partial charge is 0.302 e. The molecule has 0 saturated heterocycles. The molecular formula is C8H14O3. The first-order chi connectivity index (χ1) is 5.07. The van der Waals surface area contributed by atoms with Gasteiger partial charge in [-0.15, -0.1) is 0 Å². The monoisotopic (exact) mass is 158 g/mol. The summed E-state index contributed by atoms with van der Waals surface area (Å²) < 4.78 is 4.87. The molecule has 0 aliphatic rings. The predicted molar refractivity (Wildman–Crippen MR) is 41.1 cm³/mol. The molecule has 3 heteroatoms. The highest BCUT2D eigenvalue weighted by Gasteiger charge is 2.13. The van der Waals surface area contributed by atoms with Gasteiger partial charge in [0.05, 0.1) is 0 Å². The van der Waals surface area contributed by atoms with Gasteiger partial charge in [-0.05, 0) is 12.8 Å². The predicted octanol–water partition coefficient (Wildman–Crippen LogP) is 1.16. The van der Waals surface area contributed by atoms with Crippen molar-refractivity contribution < 1.29 is 14.3 Å². The first kappa shape index (κ1) is 10.1. The summed E-state index contributed by atoms with van der Waals surface area (Å²) in [4.78, 5) is 20.5. The van der Waals surface area contributed by atoms with Crippen LogP contribution >= 0.6 is 0 Å². The van der Waals surface area contributed by atoms with E-state index in [0.29, 0.717) is 6.42 Å². The molecule has 0 aliphatic heterocycles. The van der Waals surface area contributed by atoms with Crippen molar-refractivity contribution in [1.82, 2.24) is 0 Å². The van der Waals surface area contributed by atoms with Crippen LogP contribution in [-0.4, -0.2) is 18.4 Å². The fourth-order valence-electron chi connectivity index (χ4n) is 0.721. The summed E-state index contributed by atoms with van der Waals surface area (Å²) in [5.74, 6) is -0.188. The zero-order valence-electron chi connectivity index (χ0n) is 7.16. The maximum Gasteiger partial charge on any atom is 0.302 e. The van der Waals surface area contributed by atoms with Crippen LogP contribution < -0.4 is 0 Å². The normalized spacial score (nSPS) is 15.2. The Balaban J connectivity index is 3.71. The number of hydrogen-bond acceptors (Lipinski definition) is 3. The van der Waals surface area contributed by atoms with Crippen LogP contribution in [0.2, 0.25) is 0 Å². The summed E-state index contributed by atoms with van der Waals surface area (Å²) in [6.45, 7) is 5.03. The molecule has 0 rings (SSSR count). The van der Waals surface area contributed by atoms with Gasteiger partial charge in [-0.1, -0.05) is 6.92 Å². The van der Waals surface area contributed by atoms with Crippen molar-refractivity contribution in [3.63, 3.8) is 0 Å². The third-order valence-corrected chi connectivity index (χ3v) is 1.62. The van der Waals surface area contributed by atoms with Crippen molar-refractivity contribution in [2.75, 3.05) is 0 Å². The van der Waals surface area contributed by atoms with E-state index < -0.39 is 0 Å². The Kier molecular flexibility index (Phi) is 4.50. The van der Waals surface area contributed by atoms with E-state index in [1.165, 1.54) is 6.92 Å². The van der Waals surface area contributed by atoms with E-state index >= 15 is 0 Å². The Morgan fingerprint density at radius 1 is 1.55 bits per heavy atom. The fraction of sp³-hybridized carbons (Fsp3) is 0.750. The Hall–Kier alpha value is -0.860. The second-order valence-electron chi connectivity index (χ2n) is 2.69. The molecule has 0 heterocycles. The molecular weight excluding hydrogens is 144 g/mol. The molecule has 0 saturated carbocycles. The summed E-state index contributed by atoms with van der Waals surface area (Å²) in [5.41, 5.74) is 0. The molecule has 0 radical (unpaired) electrons. The van der Waals surface area contributed by atoms with Crippen molar-refractivity contribution in [3.8, 4) is 0 Å². The van der Waals surface area contributed by atoms with Gasteiger partial charge in [0.1, 0.15) is 12.4 Å². The maximum atomic E-state index is 10.5. The van der Waals surface area contributed by atoms with E-state index in [1.807, 2.05) is 6.92 Å². The highest BCUT2D eigenvalue weighted by atomic mass is 16.5. The highest BCUT2D eigenvalue weighted by Crippen LogP contribution is 2.09. The van der Waals surface area contributed by atoms with Crippen molar-refractivity contribution in [1.29, 1.82) is 0 Å². The lowest BCUT2D eigenvalue weighted by molar-refractivity contribution is -0.148. The van der Waals surface area contributed by atoms with Gasteiger partial charge < -0.3 is 9.53 Å². The second kappa shape index (κ2) is 4.88. The van der Waals surface area contributed by atoms with E-state index in [4.69, 9.17) is 4.74 Å². The minimum atomic E-state index is -0.296. The lowest BCUT2D eigenvalue weighted by Gasteiger charge is -2.16. The molecule has 0 N–H and O–H groups in total. The third kappa shape index (κ3) is 4.53. The lowest BCUT2D eigenvalue weighted by atomic mass is 10.0. The largest absolute Gasteiger partial charge is 0.463 e. The van der Waals surface area contributed by atoms with Crippen LogP contribution in [0.25, 0.3) is 0 Å². The van der Waals surface area contributed by atoms with E-state index in [9.17, 15) is 9.59 Å². The van der Waals surface area contributed by atoms with E-state index in [1.54, 1.807) is 6.92 Å². The third-order valence-electron chi connectivity index (χ3n) is 1.62. The average molecular weight is 158 g/mol.